The molecule has 0 saturated heterocycles. The van der Waals surface area contributed by atoms with Crippen molar-refractivity contribution >= 4 is 27.5 Å². The summed E-state index contributed by atoms with van der Waals surface area (Å²) in [5.74, 6) is 0.639. The summed E-state index contributed by atoms with van der Waals surface area (Å²) in [5.41, 5.74) is 7.38. The number of halogens is 1. The lowest BCUT2D eigenvalue weighted by atomic mass is 10.0. The van der Waals surface area contributed by atoms with Crippen LogP contribution >= 0.6 is 0 Å². The van der Waals surface area contributed by atoms with Crippen LogP contribution in [0.3, 0.4) is 0 Å². The van der Waals surface area contributed by atoms with Crippen molar-refractivity contribution in [2.24, 2.45) is 5.92 Å². The number of hydrogen-bond donors (Lipinski definition) is 3. The van der Waals surface area contributed by atoms with Crippen LogP contribution in [-0.2, 0) is 0 Å². The topological polar surface area (TPSA) is 95.2 Å². The first-order valence-electron chi connectivity index (χ1n) is 12.5. The highest BCUT2D eigenvalue weighted by atomic mass is 19.1. The van der Waals surface area contributed by atoms with Gasteiger partial charge in [-0.15, -0.1) is 0 Å². The van der Waals surface area contributed by atoms with Gasteiger partial charge < -0.3 is 10.3 Å². The molecule has 1 aromatic carbocycles. The number of pyridine rings is 2. The van der Waals surface area contributed by atoms with E-state index in [0.717, 1.165) is 46.6 Å². The number of nitrogens with one attached hydrogen (secondary N) is 3. The minimum Gasteiger partial charge on any atom is -0.359 e. The molecule has 5 aromatic rings. The number of hydrogen-bond acceptors (Lipinski definition) is 5. The molecule has 3 N–H and O–H groups in total. The Morgan fingerprint density at radius 3 is 2.68 bits per heavy atom. The van der Waals surface area contributed by atoms with E-state index in [-0.39, 0.29) is 5.52 Å². The van der Waals surface area contributed by atoms with Gasteiger partial charge in [-0.3, -0.25) is 15.1 Å². The first-order valence-corrected chi connectivity index (χ1v) is 12.5. The maximum Gasteiger partial charge on any atom is 0.157 e. The summed E-state index contributed by atoms with van der Waals surface area (Å²) < 4.78 is 15.3. The molecule has 7 nitrogen and oxygen atoms in total. The number of rotatable bonds is 8. The number of imidazole rings is 1. The number of nitrogens with zero attached hydrogens (tertiary/aromatic N) is 4. The Balaban J connectivity index is 1.42. The zero-order valence-electron chi connectivity index (χ0n) is 20.9. The van der Waals surface area contributed by atoms with Gasteiger partial charge in [0.2, 0.25) is 0 Å². The van der Waals surface area contributed by atoms with Gasteiger partial charge >= 0.3 is 0 Å². The molecule has 0 spiro atoms. The molecule has 6 rings (SSSR count). The van der Waals surface area contributed by atoms with Crippen molar-refractivity contribution in [2.75, 3.05) is 0 Å². The number of allylic oxidation sites excluding steroid dienone is 5. The van der Waals surface area contributed by atoms with Gasteiger partial charge in [0.05, 0.1) is 11.2 Å². The monoisotopic (exact) mass is 503 g/mol. The van der Waals surface area contributed by atoms with Crippen LogP contribution in [0, 0.1) is 11.7 Å². The summed E-state index contributed by atoms with van der Waals surface area (Å²) in [6.45, 7) is 9.99. The Morgan fingerprint density at radius 1 is 1.13 bits per heavy atom. The first kappa shape index (κ1) is 23.5. The lowest BCUT2D eigenvalue weighted by molar-refractivity contribution is 0.636. The van der Waals surface area contributed by atoms with Gasteiger partial charge in [0.1, 0.15) is 16.7 Å². The Hall–Kier alpha value is -4.85. The SMILES string of the molecule is C=C/C(=C\C(=C/C)c1cc(F)c2n[nH]c(-c3nc4c(-c5ccncc5)nccc4[nH]3)c2c1)NC(=C)C1CC1. The van der Waals surface area contributed by atoms with E-state index in [2.05, 4.69) is 43.6 Å². The van der Waals surface area contributed by atoms with Gasteiger partial charge in [-0.2, -0.15) is 5.10 Å². The standard InChI is InChI=1S/C30H26FN7/c1-4-18(14-22(5-2)34-17(3)19-6-7-19)21-15-23-27(24(31)16-21)37-38-28(23)30-35-25-10-13-33-26(29(25)36-30)20-8-11-32-12-9-20/h4-5,8-16,19,34H,2-3,6-7H2,1H3,(H,35,36)(H,37,38)/b18-4+,22-14+. The fourth-order valence-electron chi connectivity index (χ4n) is 4.56. The van der Waals surface area contributed by atoms with Crippen LogP contribution in [0.1, 0.15) is 25.3 Å². The fourth-order valence-corrected chi connectivity index (χ4v) is 4.56. The van der Waals surface area contributed by atoms with E-state index in [1.165, 1.54) is 6.07 Å². The van der Waals surface area contributed by atoms with Gasteiger partial charge in [0.25, 0.3) is 0 Å². The van der Waals surface area contributed by atoms with Crippen molar-refractivity contribution in [3.05, 3.63) is 103 Å². The quantitative estimate of drug-likeness (QED) is 0.205. The normalized spacial score (nSPS) is 14.3. The summed E-state index contributed by atoms with van der Waals surface area (Å²) in [5, 5.41) is 11.2. The van der Waals surface area contributed by atoms with Crippen LogP contribution in [-0.4, -0.2) is 30.1 Å². The molecule has 1 aliphatic rings. The Labute approximate surface area is 219 Å². The van der Waals surface area contributed by atoms with E-state index in [9.17, 15) is 0 Å². The van der Waals surface area contributed by atoms with Crippen molar-refractivity contribution in [2.45, 2.75) is 19.8 Å². The molecular weight excluding hydrogens is 477 g/mol. The van der Waals surface area contributed by atoms with Crippen LogP contribution < -0.4 is 5.32 Å². The molecule has 0 atom stereocenters. The van der Waals surface area contributed by atoms with Crippen LogP contribution in [0.2, 0.25) is 0 Å². The summed E-state index contributed by atoms with van der Waals surface area (Å²) >= 11 is 0. The second kappa shape index (κ2) is 9.55. The van der Waals surface area contributed by atoms with Crippen molar-refractivity contribution in [1.82, 2.24) is 35.5 Å². The average molecular weight is 504 g/mol. The second-order valence-electron chi connectivity index (χ2n) is 9.30. The molecule has 4 aromatic heterocycles. The molecule has 0 amide bonds. The summed E-state index contributed by atoms with van der Waals surface area (Å²) in [6.07, 6.45) is 13.1. The highest BCUT2D eigenvalue weighted by Crippen LogP contribution is 2.35. The Morgan fingerprint density at radius 2 is 1.95 bits per heavy atom. The number of aromatic nitrogens is 6. The van der Waals surface area contributed by atoms with Crippen LogP contribution in [0.25, 0.3) is 50.3 Å². The molecule has 0 radical (unpaired) electrons. The first-order chi connectivity index (χ1) is 18.6. The van der Waals surface area contributed by atoms with E-state index < -0.39 is 5.82 Å². The smallest absolute Gasteiger partial charge is 0.157 e. The highest BCUT2D eigenvalue weighted by molar-refractivity contribution is 5.97. The van der Waals surface area contributed by atoms with E-state index in [4.69, 9.17) is 4.98 Å². The highest BCUT2D eigenvalue weighted by Gasteiger charge is 2.25. The Kier molecular flexibility index (Phi) is 5.92. The van der Waals surface area contributed by atoms with Crippen molar-refractivity contribution in [3.8, 4) is 22.8 Å². The summed E-state index contributed by atoms with van der Waals surface area (Å²) in [7, 11) is 0. The Bertz CT molecular complexity index is 1750. The van der Waals surface area contributed by atoms with Crippen molar-refractivity contribution < 1.29 is 4.39 Å². The maximum atomic E-state index is 15.3. The molecule has 0 aliphatic heterocycles. The number of H-pyrrole nitrogens is 2. The predicted molar refractivity (Wildman–Crippen MR) is 149 cm³/mol. The molecule has 1 fully saturated rings. The third-order valence-electron chi connectivity index (χ3n) is 6.75. The maximum absolute atomic E-state index is 15.3. The number of aromatic amines is 2. The molecule has 1 saturated carbocycles. The molecule has 38 heavy (non-hydrogen) atoms. The van der Waals surface area contributed by atoms with E-state index in [0.29, 0.717) is 33.9 Å². The van der Waals surface area contributed by atoms with Gasteiger partial charge in [-0.1, -0.05) is 19.2 Å². The number of fused-ring (bicyclic) bond motifs is 2. The second-order valence-corrected chi connectivity index (χ2v) is 9.30. The van der Waals surface area contributed by atoms with Gasteiger partial charge in [0.15, 0.2) is 11.6 Å². The van der Waals surface area contributed by atoms with Crippen LogP contribution in [0.15, 0.2) is 91.7 Å². The minimum absolute atomic E-state index is 0.250. The molecule has 0 bridgehead atoms. The largest absolute Gasteiger partial charge is 0.359 e. The average Bonchev–Trinajstić information content (AvgIpc) is 3.56. The predicted octanol–water partition coefficient (Wildman–Crippen LogP) is 6.69. The summed E-state index contributed by atoms with van der Waals surface area (Å²) in [6, 6.07) is 9.07. The number of benzene rings is 1. The third-order valence-corrected chi connectivity index (χ3v) is 6.75. The molecule has 8 heteroatoms. The summed E-state index contributed by atoms with van der Waals surface area (Å²) in [4.78, 5) is 16.8. The zero-order chi connectivity index (χ0) is 26.2. The van der Waals surface area contributed by atoms with E-state index in [1.807, 2.05) is 43.3 Å². The van der Waals surface area contributed by atoms with Crippen molar-refractivity contribution in [1.29, 1.82) is 0 Å². The minimum atomic E-state index is -0.418. The molecule has 188 valence electrons. The third kappa shape index (κ3) is 4.30. The molecule has 4 heterocycles. The van der Waals surface area contributed by atoms with Crippen LogP contribution in [0.4, 0.5) is 4.39 Å². The van der Waals surface area contributed by atoms with Gasteiger partial charge in [-0.25, -0.2) is 9.37 Å². The van der Waals surface area contributed by atoms with Crippen molar-refractivity contribution in [3.63, 3.8) is 0 Å². The fraction of sp³-hybridized carbons (Fsp3) is 0.133. The molecular formula is C30H26FN7. The zero-order valence-corrected chi connectivity index (χ0v) is 20.9. The van der Waals surface area contributed by atoms with E-state index in [1.54, 1.807) is 24.7 Å². The molecule has 0 unspecified atom stereocenters. The van der Waals surface area contributed by atoms with Crippen LogP contribution in [0.5, 0.6) is 0 Å². The van der Waals surface area contributed by atoms with Gasteiger partial charge in [-0.05, 0) is 79.3 Å². The van der Waals surface area contributed by atoms with Gasteiger partial charge in [0, 0.05) is 40.9 Å². The lowest BCUT2D eigenvalue weighted by Crippen LogP contribution is -2.11. The molecule has 1 aliphatic carbocycles. The van der Waals surface area contributed by atoms with E-state index >= 15 is 4.39 Å². The lowest BCUT2D eigenvalue weighted by Gasteiger charge is -2.11.